The number of nitrogens with one attached hydrogen (secondary N) is 3. The third-order valence-electron chi connectivity index (χ3n) is 10.7. The fraction of sp³-hybridized carbons (Fsp3) is 0.327. The van der Waals surface area contributed by atoms with Crippen LogP contribution in [0.2, 0.25) is 0 Å². The number of esters is 3. The van der Waals surface area contributed by atoms with Gasteiger partial charge in [-0.15, -0.1) is 0 Å². The standard InChI is InChI=1S/C52H58N4O13/c1-4-7-11-24-40(43(5-2)56(34-57)68-32-37-20-14-9-15-21-37)48(59)53-33-54-50(61)45-28-27-44(69-45)39-25-26-41(46(29-39)64-6-3)49(60)55-42(30-47(58)65-31-36-18-12-8-13-19-36)52(63)67-35-66-51(62)38-22-16-10-17-23-38/h8-10,12-23,25-29,34,40,42-43H,4-7,11,24,30-33,35H2,1-3H3,(H,53,59)(H,54,61)(H,55,60). The summed E-state index contributed by atoms with van der Waals surface area (Å²) < 4.78 is 27.3. The molecular weight excluding hydrogens is 889 g/mol. The van der Waals surface area contributed by atoms with E-state index in [-0.39, 0.29) is 60.8 Å². The molecule has 0 aliphatic heterocycles. The van der Waals surface area contributed by atoms with Crippen molar-refractivity contribution in [2.75, 3.05) is 20.1 Å². The van der Waals surface area contributed by atoms with Gasteiger partial charge in [-0.05, 0) is 67.3 Å². The zero-order valence-corrected chi connectivity index (χ0v) is 38.9. The summed E-state index contributed by atoms with van der Waals surface area (Å²) in [7, 11) is 0. The number of furan rings is 1. The van der Waals surface area contributed by atoms with Crippen molar-refractivity contribution < 1.29 is 61.8 Å². The maximum atomic E-state index is 13.8. The molecular formula is C52H58N4O13. The first-order valence-corrected chi connectivity index (χ1v) is 22.8. The summed E-state index contributed by atoms with van der Waals surface area (Å²) in [5.74, 6) is -4.75. The van der Waals surface area contributed by atoms with Gasteiger partial charge in [0.2, 0.25) is 19.1 Å². The average molecular weight is 947 g/mol. The number of carbonyl (C=O) groups is 7. The van der Waals surface area contributed by atoms with Crippen molar-refractivity contribution >= 4 is 42.0 Å². The Bertz CT molecular complexity index is 2450. The molecule has 4 amide bonds. The molecule has 0 fully saturated rings. The molecule has 1 heterocycles. The Hall–Kier alpha value is -7.79. The maximum absolute atomic E-state index is 13.8. The predicted octanol–water partition coefficient (Wildman–Crippen LogP) is 7.30. The van der Waals surface area contributed by atoms with Crippen molar-refractivity contribution in [3.05, 3.63) is 149 Å². The van der Waals surface area contributed by atoms with Crippen LogP contribution < -0.4 is 20.7 Å². The molecule has 17 nitrogen and oxygen atoms in total. The highest BCUT2D eigenvalue weighted by Crippen LogP contribution is 2.30. The quantitative estimate of drug-likeness (QED) is 0.0148. The van der Waals surface area contributed by atoms with E-state index >= 15 is 0 Å². The van der Waals surface area contributed by atoms with Gasteiger partial charge in [0, 0.05) is 5.56 Å². The topological polar surface area (TPSA) is 218 Å². The molecule has 0 saturated carbocycles. The van der Waals surface area contributed by atoms with Gasteiger partial charge < -0.3 is 39.3 Å². The van der Waals surface area contributed by atoms with Crippen LogP contribution in [0.3, 0.4) is 0 Å². The Kier molecular flexibility index (Phi) is 21.0. The number of nitrogens with zero attached hydrogens (tertiary/aromatic N) is 1. The van der Waals surface area contributed by atoms with Crippen LogP contribution in [0.25, 0.3) is 11.3 Å². The molecule has 364 valence electrons. The lowest BCUT2D eigenvalue weighted by Gasteiger charge is -2.32. The first-order valence-electron chi connectivity index (χ1n) is 22.8. The molecule has 0 radical (unpaired) electrons. The summed E-state index contributed by atoms with van der Waals surface area (Å²) in [6.45, 7) is 4.83. The summed E-state index contributed by atoms with van der Waals surface area (Å²) in [6.07, 6.45) is 3.52. The zero-order valence-electron chi connectivity index (χ0n) is 38.9. The SMILES string of the molecule is CCCCCC(C(=O)NCNC(=O)c1ccc(-c2ccc(C(=O)NC(CC(=O)OCc3ccccc3)C(=O)OCOC(=O)c3ccccc3)c(OCC)c2)o1)C(CC)N(C=O)OCc1ccccc1. The highest BCUT2D eigenvalue weighted by atomic mass is 16.7. The van der Waals surface area contributed by atoms with Crippen molar-refractivity contribution in [3.63, 3.8) is 0 Å². The van der Waals surface area contributed by atoms with Crippen LogP contribution >= 0.6 is 0 Å². The highest BCUT2D eigenvalue weighted by Gasteiger charge is 2.32. The predicted molar refractivity (Wildman–Crippen MR) is 252 cm³/mol. The van der Waals surface area contributed by atoms with Crippen molar-refractivity contribution in [2.45, 2.75) is 84.6 Å². The van der Waals surface area contributed by atoms with Crippen molar-refractivity contribution in [1.29, 1.82) is 0 Å². The summed E-state index contributed by atoms with van der Waals surface area (Å²) >= 11 is 0. The Balaban J connectivity index is 1.22. The van der Waals surface area contributed by atoms with Crippen LogP contribution in [0.4, 0.5) is 0 Å². The van der Waals surface area contributed by atoms with Gasteiger partial charge in [0.15, 0.2) is 5.76 Å². The van der Waals surface area contributed by atoms with E-state index in [9.17, 15) is 33.6 Å². The number of benzene rings is 4. The molecule has 0 bridgehead atoms. The molecule has 1 aromatic heterocycles. The second-order valence-corrected chi connectivity index (χ2v) is 15.6. The molecule has 0 saturated heterocycles. The molecule has 5 rings (SSSR count). The lowest BCUT2D eigenvalue weighted by atomic mass is 9.90. The average Bonchev–Trinajstić information content (AvgIpc) is 3.88. The number of carbonyl (C=O) groups excluding carboxylic acids is 7. The number of hydrogen-bond acceptors (Lipinski definition) is 13. The normalized spacial score (nSPS) is 12.0. The van der Waals surface area contributed by atoms with E-state index in [1.807, 2.05) is 43.3 Å². The smallest absolute Gasteiger partial charge is 0.340 e. The molecule has 0 spiro atoms. The minimum Gasteiger partial charge on any atom is -0.493 e. The molecule has 17 heteroatoms. The third-order valence-corrected chi connectivity index (χ3v) is 10.7. The summed E-state index contributed by atoms with van der Waals surface area (Å²) in [5, 5.41) is 9.16. The molecule has 3 atom stereocenters. The van der Waals surface area contributed by atoms with E-state index in [1.165, 1.54) is 41.5 Å². The first-order chi connectivity index (χ1) is 33.5. The lowest BCUT2D eigenvalue weighted by Crippen LogP contribution is -2.48. The van der Waals surface area contributed by atoms with E-state index in [2.05, 4.69) is 22.9 Å². The number of ether oxygens (including phenoxy) is 4. The molecule has 0 aliphatic carbocycles. The Morgan fingerprint density at radius 3 is 2.06 bits per heavy atom. The number of unbranched alkanes of at least 4 members (excludes halogenated alkanes) is 2. The number of hydroxylamine groups is 2. The highest BCUT2D eigenvalue weighted by molar-refractivity contribution is 6.00. The minimum absolute atomic E-state index is 0.0100. The van der Waals surface area contributed by atoms with Gasteiger partial charge in [0.1, 0.15) is 30.8 Å². The van der Waals surface area contributed by atoms with Crippen LogP contribution in [0, 0.1) is 5.92 Å². The molecule has 69 heavy (non-hydrogen) atoms. The molecule has 4 aromatic carbocycles. The summed E-state index contributed by atoms with van der Waals surface area (Å²) in [4.78, 5) is 97.4. The van der Waals surface area contributed by atoms with Crippen LogP contribution in [0.15, 0.2) is 126 Å². The first kappa shape index (κ1) is 52.2. The van der Waals surface area contributed by atoms with E-state index in [0.717, 1.165) is 24.8 Å². The van der Waals surface area contributed by atoms with Gasteiger partial charge in [-0.1, -0.05) is 118 Å². The summed E-state index contributed by atoms with van der Waals surface area (Å²) in [5.41, 5.74) is 2.22. The van der Waals surface area contributed by atoms with Crippen LogP contribution in [0.5, 0.6) is 5.75 Å². The lowest BCUT2D eigenvalue weighted by molar-refractivity contribution is -0.200. The minimum atomic E-state index is -1.56. The second kappa shape index (κ2) is 27.8. The number of amides is 4. The van der Waals surface area contributed by atoms with Gasteiger partial charge in [-0.2, -0.15) is 0 Å². The van der Waals surface area contributed by atoms with Gasteiger partial charge >= 0.3 is 17.9 Å². The van der Waals surface area contributed by atoms with Crippen molar-refractivity contribution in [1.82, 2.24) is 21.0 Å². The van der Waals surface area contributed by atoms with Gasteiger partial charge in [0.25, 0.3) is 11.8 Å². The zero-order chi connectivity index (χ0) is 49.4. The van der Waals surface area contributed by atoms with Gasteiger partial charge in [-0.25, -0.2) is 14.7 Å². The third kappa shape index (κ3) is 16.2. The Morgan fingerprint density at radius 2 is 1.41 bits per heavy atom. The Labute approximate surface area is 400 Å². The van der Waals surface area contributed by atoms with Crippen LogP contribution in [0.1, 0.15) is 102 Å². The fourth-order valence-electron chi connectivity index (χ4n) is 7.16. The molecule has 0 aliphatic rings. The van der Waals surface area contributed by atoms with E-state index in [0.29, 0.717) is 30.4 Å². The van der Waals surface area contributed by atoms with Crippen LogP contribution in [-0.2, 0) is 51.4 Å². The van der Waals surface area contributed by atoms with E-state index in [1.54, 1.807) is 55.5 Å². The summed E-state index contributed by atoms with van der Waals surface area (Å²) in [6, 6.07) is 31.6. The number of hydrogen-bond donors (Lipinski definition) is 3. The van der Waals surface area contributed by atoms with Crippen LogP contribution in [-0.4, -0.2) is 79.3 Å². The van der Waals surface area contributed by atoms with Gasteiger partial charge in [0.05, 0.1) is 42.8 Å². The van der Waals surface area contributed by atoms with Gasteiger partial charge in [-0.3, -0.25) is 28.8 Å². The fourth-order valence-corrected chi connectivity index (χ4v) is 7.16. The largest absolute Gasteiger partial charge is 0.493 e. The molecule has 3 unspecified atom stereocenters. The Morgan fingerprint density at radius 1 is 0.725 bits per heavy atom. The van der Waals surface area contributed by atoms with Crippen molar-refractivity contribution in [2.24, 2.45) is 5.92 Å². The van der Waals surface area contributed by atoms with E-state index < -0.39 is 60.9 Å². The molecule has 5 aromatic rings. The second-order valence-electron chi connectivity index (χ2n) is 15.6. The van der Waals surface area contributed by atoms with E-state index in [4.69, 9.17) is 28.2 Å². The van der Waals surface area contributed by atoms with Crippen molar-refractivity contribution in [3.8, 4) is 17.1 Å². The maximum Gasteiger partial charge on any atom is 0.340 e. The number of rotatable bonds is 28. The monoisotopic (exact) mass is 946 g/mol. The molecule has 3 N–H and O–H groups in total.